The minimum absolute atomic E-state index is 0.133. The van der Waals surface area contributed by atoms with Gasteiger partial charge in [-0.2, -0.15) is 0 Å². The highest BCUT2D eigenvalue weighted by atomic mass is 32.1. The van der Waals surface area contributed by atoms with Gasteiger partial charge in [-0.1, -0.05) is 35.9 Å². The number of rotatable bonds is 9. The second-order valence-corrected chi connectivity index (χ2v) is 7.98. The lowest BCUT2D eigenvalue weighted by Crippen LogP contribution is -2.30. The van der Waals surface area contributed by atoms with Crippen LogP contribution in [0.15, 0.2) is 41.8 Å². The molecule has 1 amide bonds. The van der Waals surface area contributed by atoms with E-state index in [-0.39, 0.29) is 12.5 Å². The molecule has 1 N–H and O–H groups in total. The number of amides is 1. The molecule has 31 heavy (non-hydrogen) atoms. The van der Waals surface area contributed by atoms with Gasteiger partial charge in [0.2, 0.25) is 11.7 Å². The molecule has 0 radical (unpaired) electrons. The monoisotopic (exact) mass is 441 g/mol. The van der Waals surface area contributed by atoms with Crippen LogP contribution < -0.4 is 19.5 Å². The lowest BCUT2D eigenvalue weighted by molar-refractivity contribution is -0.117. The fourth-order valence-electron chi connectivity index (χ4n) is 3.23. The maximum absolute atomic E-state index is 12.5. The normalized spacial score (nSPS) is 10.8. The fraction of sp³-hybridized carbons (Fsp3) is 0.304. The van der Waals surface area contributed by atoms with Gasteiger partial charge in [-0.05, 0) is 20.0 Å². The van der Waals surface area contributed by atoms with Gasteiger partial charge in [0.1, 0.15) is 0 Å². The Kier molecular flexibility index (Phi) is 7.49. The van der Waals surface area contributed by atoms with Crippen molar-refractivity contribution in [3.63, 3.8) is 0 Å². The molecule has 0 bridgehead atoms. The zero-order chi connectivity index (χ0) is 22.4. The lowest BCUT2D eigenvalue weighted by Gasteiger charge is -2.20. The Bertz CT molecular complexity index is 1030. The summed E-state index contributed by atoms with van der Waals surface area (Å²) in [6.45, 7) is 2.75. The zero-order valence-corrected chi connectivity index (χ0v) is 19.2. The minimum Gasteiger partial charge on any atom is -0.493 e. The number of carbonyl (C=O) groups excluding carboxylic acids is 1. The van der Waals surface area contributed by atoms with E-state index >= 15 is 0 Å². The topological polar surface area (TPSA) is 72.9 Å². The highest BCUT2D eigenvalue weighted by molar-refractivity contribution is 7.14. The van der Waals surface area contributed by atoms with Gasteiger partial charge in [0.15, 0.2) is 16.6 Å². The summed E-state index contributed by atoms with van der Waals surface area (Å²) in [6.07, 6.45) is 0. The summed E-state index contributed by atoms with van der Waals surface area (Å²) in [5, 5.41) is 5.40. The number of methoxy groups -OCH3 is 3. The molecule has 164 valence electrons. The molecule has 1 aromatic heterocycles. The van der Waals surface area contributed by atoms with Gasteiger partial charge in [0, 0.05) is 23.1 Å². The third-order valence-electron chi connectivity index (χ3n) is 4.74. The van der Waals surface area contributed by atoms with E-state index in [0.717, 1.165) is 16.8 Å². The maximum atomic E-state index is 12.5. The molecule has 1 heterocycles. The van der Waals surface area contributed by atoms with Crippen LogP contribution in [-0.2, 0) is 11.3 Å². The van der Waals surface area contributed by atoms with Crippen molar-refractivity contribution in [3.05, 3.63) is 52.9 Å². The van der Waals surface area contributed by atoms with Crippen molar-refractivity contribution in [1.82, 2.24) is 9.88 Å². The first-order valence-corrected chi connectivity index (χ1v) is 10.6. The number of nitrogens with zero attached hydrogens (tertiary/aromatic N) is 2. The van der Waals surface area contributed by atoms with Crippen molar-refractivity contribution >= 4 is 22.4 Å². The molecule has 7 nitrogen and oxygen atoms in total. The summed E-state index contributed by atoms with van der Waals surface area (Å²) in [7, 11) is 6.60. The van der Waals surface area contributed by atoms with Crippen molar-refractivity contribution in [2.75, 3.05) is 40.2 Å². The Labute approximate surface area is 186 Å². The van der Waals surface area contributed by atoms with Gasteiger partial charge in [-0.3, -0.25) is 9.69 Å². The highest BCUT2D eigenvalue weighted by Gasteiger charge is 2.18. The van der Waals surface area contributed by atoms with Gasteiger partial charge < -0.3 is 19.5 Å². The van der Waals surface area contributed by atoms with Crippen LogP contribution in [0.2, 0.25) is 0 Å². The van der Waals surface area contributed by atoms with Gasteiger partial charge in [0.25, 0.3) is 0 Å². The Hall–Kier alpha value is -3.10. The Morgan fingerprint density at radius 2 is 1.74 bits per heavy atom. The first-order valence-electron chi connectivity index (χ1n) is 9.74. The van der Waals surface area contributed by atoms with Crippen LogP contribution in [0.3, 0.4) is 0 Å². The number of carbonyl (C=O) groups is 1. The van der Waals surface area contributed by atoms with E-state index in [1.165, 1.54) is 16.9 Å². The van der Waals surface area contributed by atoms with Crippen LogP contribution in [0, 0.1) is 6.92 Å². The van der Waals surface area contributed by atoms with E-state index in [0.29, 0.717) is 28.9 Å². The summed E-state index contributed by atoms with van der Waals surface area (Å²) in [5.74, 6) is 1.59. The zero-order valence-electron chi connectivity index (χ0n) is 18.4. The van der Waals surface area contributed by atoms with Crippen LogP contribution >= 0.6 is 11.3 Å². The second kappa shape index (κ2) is 10.3. The molecule has 0 saturated carbocycles. The average Bonchev–Trinajstić information content (AvgIpc) is 3.21. The van der Waals surface area contributed by atoms with Crippen molar-refractivity contribution in [2.45, 2.75) is 13.5 Å². The molecule has 0 fully saturated rings. The van der Waals surface area contributed by atoms with E-state index in [4.69, 9.17) is 14.2 Å². The van der Waals surface area contributed by atoms with Crippen LogP contribution in [0.4, 0.5) is 5.13 Å². The Morgan fingerprint density at radius 1 is 1.03 bits per heavy atom. The molecular formula is C23H27N3O4S. The molecule has 0 spiro atoms. The molecular weight excluding hydrogens is 414 g/mol. The predicted octanol–water partition coefficient (Wildman–Crippen LogP) is 4.21. The van der Waals surface area contributed by atoms with Crippen molar-refractivity contribution < 1.29 is 19.0 Å². The van der Waals surface area contributed by atoms with Crippen molar-refractivity contribution in [1.29, 1.82) is 0 Å². The molecule has 0 aliphatic carbocycles. The van der Waals surface area contributed by atoms with E-state index in [2.05, 4.69) is 10.3 Å². The number of benzene rings is 2. The third kappa shape index (κ3) is 5.53. The fourth-order valence-corrected chi connectivity index (χ4v) is 3.96. The predicted molar refractivity (Wildman–Crippen MR) is 123 cm³/mol. The number of hydrogen-bond donors (Lipinski definition) is 1. The standard InChI is InChI=1S/C23H27N3O4S/c1-15-6-8-16(9-7-15)18-14-31-23(24-18)25-20(27)13-26(2)12-17-10-11-19(28-3)22(30-5)21(17)29-4/h6-11,14H,12-13H2,1-5H3,(H,24,25,27). The summed E-state index contributed by atoms with van der Waals surface area (Å²) in [6, 6.07) is 11.9. The maximum Gasteiger partial charge on any atom is 0.240 e. The molecule has 0 atom stereocenters. The number of aromatic nitrogens is 1. The number of thiazole rings is 1. The van der Waals surface area contributed by atoms with Gasteiger partial charge in [-0.15, -0.1) is 11.3 Å². The second-order valence-electron chi connectivity index (χ2n) is 7.12. The molecule has 3 aromatic rings. The molecule has 0 unspecified atom stereocenters. The van der Waals surface area contributed by atoms with E-state index < -0.39 is 0 Å². The number of nitrogens with one attached hydrogen (secondary N) is 1. The molecule has 0 aliphatic rings. The quantitative estimate of drug-likeness (QED) is 0.536. The van der Waals surface area contributed by atoms with Gasteiger partial charge in [-0.25, -0.2) is 4.98 Å². The summed E-state index contributed by atoms with van der Waals surface area (Å²) in [5.41, 5.74) is 3.97. The molecule has 8 heteroatoms. The Balaban J connectivity index is 1.62. The lowest BCUT2D eigenvalue weighted by atomic mass is 10.1. The van der Waals surface area contributed by atoms with Crippen LogP contribution in [-0.4, -0.2) is 50.7 Å². The third-order valence-corrected chi connectivity index (χ3v) is 5.50. The molecule has 0 saturated heterocycles. The first kappa shape index (κ1) is 22.6. The van der Waals surface area contributed by atoms with E-state index in [1.54, 1.807) is 21.3 Å². The number of anilines is 1. The van der Waals surface area contributed by atoms with Crippen molar-refractivity contribution in [3.8, 4) is 28.5 Å². The van der Waals surface area contributed by atoms with Crippen molar-refractivity contribution in [2.24, 2.45) is 0 Å². The summed E-state index contributed by atoms with van der Waals surface area (Å²) in [4.78, 5) is 18.9. The highest BCUT2D eigenvalue weighted by Crippen LogP contribution is 2.40. The first-order chi connectivity index (χ1) is 14.9. The van der Waals surface area contributed by atoms with E-state index in [9.17, 15) is 4.79 Å². The minimum atomic E-state index is -0.133. The SMILES string of the molecule is COc1ccc(CN(C)CC(=O)Nc2nc(-c3ccc(C)cc3)cs2)c(OC)c1OC. The van der Waals surface area contributed by atoms with Crippen LogP contribution in [0.25, 0.3) is 11.3 Å². The molecule has 3 rings (SSSR count). The van der Waals surface area contributed by atoms with Gasteiger partial charge in [0.05, 0.1) is 33.6 Å². The van der Waals surface area contributed by atoms with Crippen LogP contribution in [0.5, 0.6) is 17.2 Å². The molecule has 2 aromatic carbocycles. The number of ether oxygens (including phenoxy) is 3. The average molecular weight is 442 g/mol. The van der Waals surface area contributed by atoms with Crippen LogP contribution in [0.1, 0.15) is 11.1 Å². The van der Waals surface area contributed by atoms with Gasteiger partial charge >= 0.3 is 0 Å². The van der Waals surface area contributed by atoms with E-state index in [1.807, 2.05) is 60.6 Å². The largest absolute Gasteiger partial charge is 0.493 e. The smallest absolute Gasteiger partial charge is 0.240 e. The number of hydrogen-bond acceptors (Lipinski definition) is 7. The summed E-state index contributed by atoms with van der Waals surface area (Å²) >= 11 is 1.41. The number of likely N-dealkylation sites (N-methyl/N-ethyl adjacent to an activating group) is 1. The summed E-state index contributed by atoms with van der Waals surface area (Å²) < 4.78 is 16.3. The number of aryl methyl sites for hydroxylation is 1. The molecule has 0 aliphatic heterocycles. The Morgan fingerprint density at radius 3 is 2.39 bits per heavy atom.